The third kappa shape index (κ3) is 4.72. The lowest BCUT2D eigenvalue weighted by atomic mass is 10.1. The van der Waals surface area contributed by atoms with Crippen molar-refractivity contribution in [3.63, 3.8) is 0 Å². The minimum Gasteiger partial charge on any atom is -0.391 e. The SMILES string of the molecule is COCC(O)CC(N)C(N)=O. The zero-order chi connectivity index (χ0) is 8.85. The van der Waals surface area contributed by atoms with E-state index in [-0.39, 0.29) is 13.0 Å². The summed E-state index contributed by atoms with van der Waals surface area (Å²) in [6.45, 7) is 0.168. The number of hydrogen-bond acceptors (Lipinski definition) is 4. The van der Waals surface area contributed by atoms with E-state index in [4.69, 9.17) is 16.6 Å². The molecule has 0 bridgehead atoms. The van der Waals surface area contributed by atoms with Gasteiger partial charge in [0, 0.05) is 7.11 Å². The number of carbonyl (C=O) groups is 1. The van der Waals surface area contributed by atoms with Crippen molar-refractivity contribution in [2.75, 3.05) is 13.7 Å². The molecule has 0 aliphatic heterocycles. The fourth-order valence-corrected chi connectivity index (χ4v) is 0.670. The smallest absolute Gasteiger partial charge is 0.234 e. The molecular weight excluding hydrogens is 148 g/mol. The van der Waals surface area contributed by atoms with Crippen LogP contribution in [0.5, 0.6) is 0 Å². The van der Waals surface area contributed by atoms with E-state index in [1.807, 2.05) is 0 Å². The van der Waals surface area contributed by atoms with E-state index in [1.54, 1.807) is 0 Å². The van der Waals surface area contributed by atoms with Crippen molar-refractivity contribution < 1.29 is 14.6 Å². The number of aliphatic hydroxyl groups is 1. The van der Waals surface area contributed by atoms with Gasteiger partial charge in [0.05, 0.1) is 18.8 Å². The Labute approximate surface area is 65.3 Å². The van der Waals surface area contributed by atoms with Crippen LogP contribution in [0.15, 0.2) is 0 Å². The second-order valence-corrected chi connectivity index (χ2v) is 2.35. The minimum absolute atomic E-state index is 0.142. The fourth-order valence-electron chi connectivity index (χ4n) is 0.670. The largest absolute Gasteiger partial charge is 0.391 e. The van der Waals surface area contributed by atoms with Crippen molar-refractivity contribution in [1.82, 2.24) is 0 Å². The Kier molecular flexibility index (Phi) is 4.76. The van der Waals surface area contributed by atoms with E-state index < -0.39 is 18.1 Å². The molecule has 5 nitrogen and oxygen atoms in total. The Morgan fingerprint density at radius 3 is 2.64 bits per heavy atom. The predicted octanol–water partition coefficient (Wildman–Crippen LogP) is -1.80. The first kappa shape index (κ1) is 10.3. The van der Waals surface area contributed by atoms with Crippen LogP contribution in [-0.2, 0) is 9.53 Å². The van der Waals surface area contributed by atoms with Gasteiger partial charge < -0.3 is 21.3 Å². The first-order valence-electron chi connectivity index (χ1n) is 3.29. The summed E-state index contributed by atoms with van der Waals surface area (Å²) in [5.41, 5.74) is 10.1. The summed E-state index contributed by atoms with van der Waals surface area (Å²) in [5, 5.41) is 9.06. The maximum Gasteiger partial charge on any atom is 0.234 e. The first-order chi connectivity index (χ1) is 5.07. The molecule has 0 saturated carbocycles. The van der Waals surface area contributed by atoms with Gasteiger partial charge in [0.25, 0.3) is 0 Å². The lowest BCUT2D eigenvalue weighted by Crippen LogP contribution is -2.39. The summed E-state index contributed by atoms with van der Waals surface area (Å²) >= 11 is 0. The number of primary amides is 1. The second-order valence-electron chi connectivity index (χ2n) is 2.35. The molecule has 0 aromatic rings. The quantitative estimate of drug-likeness (QED) is 0.444. The summed E-state index contributed by atoms with van der Waals surface area (Å²) in [7, 11) is 1.46. The van der Waals surface area contributed by atoms with Crippen molar-refractivity contribution >= 4 is 5.91 Å². The van der Waals surface area contributed by atoms with Gasteiger partial charge in [-0.05, 0) is 6.42 Å². The van der Waals surface area contributed by atoms with Gasteiger partial charge in [-0.25, -0.2) is 0 Å². The van der Waals surface area contributed by atoms with Crippen LogP contribution in [0.25, 0.3) is 0 Å². The van der Waals surface area contributed by atoms with E-state index in [9.17, 15) is 4.79 Å². The Bertz CT molecular complexity index is 129. The highest BCUT2D eigenvalue weighted by molar-refractivity contribution is 5.79. The Balaban J connectivity index is 3.56. The Morgan fingerprint density at radius 2 is 2.27 bits per heavy atom. The number of aliphatic hydroxyl groups excluding tert-OH is 1. The molecule has 0 aliphatic carbocycles. The molecule has 0 fully saturated rings. The Morgan fingerprint density at radius 1 is 1.73 bits per heavy atom. The van der Waals surface area contributed by atoms with Crippen LogP contribution >= 0.6 is 0 Å². The van der Waals surface area contributed by atoms with Crippen LogP contribution in [0.4, 0.5) is 0 Å². The maximum absolute atomic E-state index is 10.4. The van der Waals surface area contributed by atoms with E-state index in [0.29, 0.717) is 0 Å². The molecule has 0 saturated heterocycles. The third-order valence-electron chi connectivity index (χ3n) is 1.25. The zero-order valence-electron chi connectivity index (χ0n) is 6.49. The zero-order valence-corrected chi connectivity index (χ0v) is 6.49. The van der Waals surface area contributed by atoms with Crippen molar-refractivity contribution in [2.45, 2.75) is 18.6 Å². The molecule has 0 aromatic heterocycles. The van der Waals surface area contributed by atoms with Gasteiger partial charge in [0.1, 0.15) is 0 Å². The third-order valence-corrected chi connectivity index (χ3v) is 1.25. The second kappa shape index (κ2) is 5.06. The van der Waals surface area contributed by atoms with Gasteiger partial charge in [-0.3, -0.25) is 4.79 Å². The molecule has 5 heteroatoms. The van der Waals surface area contributed by atoms with E-state index >= 15 is 0 Å². The molecule has 0 rings (SSSR count). The number of rotatable bonds is 5. The average Bonchev–Trinajstić information content (AvgIpc) is 1.87. The molecule has 0 aromatic carbocycles. The predicted molar refractivity (Wildman–Crippen MR) is 39.7 cm³/mol. The van der Waals surface area contributed by atoms with Crippen LogP contribution < -0.4 is 11.5 Å². The van der Waals surface area contributed by atoms with Gasteiger partial charge in [0.2, 0.25) is 5.91 Å². The monoisotopic (exact) mass is 162 g/mol. The van der Waals surface area contributed by atoms with Gasteiger partial charge in [0.15, 0.2) is 0 Å². The van der Waals surface area contributed by atoms with Crippen molar-refractivity contribution in [2.24, 2.45) is 11.5 Å². The lowest BCUT2D eigenvalue weighted by molar-refractivity contribution is -0.120. The van der Waals surface area contributed by atoms with Crippen LogP contribution in [0.2, 0.25) is 0 Å². The van der Waals surface area contributed by atoms with Gasteiger partial charge in [-0.1, -0.05) is 0 Å². The van der Waals surface area contributed by atoms with Crippen LogP contribution in [0, 0.1) is 0 Å². The summed E-state index contributed by atoms with van der Waals surface area (Å²) < 4.78 is 4.63. The standard InChI is InChI=1S/C6H14N2O3/c1-11-3-4(9)2-5(7)6(8)10/h4-5,9H,2-3,7H2,1H3,(H2,8,10). The summed E-state index contributed by atoms with van der Waals surface area (Å²) in [4.78, 5) is 10.4. The number of carbonyl (C=O) groups excluding carboxylic acids is 1. The number of ether oxygens (including phenoxy) is 1. The van der Waals surface area contributed by atoms with Crippen LogP contribution in [0.1, 0.15) is 6.42 Å². The number of hydrogen-bond donors (Lipinski definition) is 3. The van der Waals surface area contributed by atoms with Crippen LogP contribution in [0.3, 0.4) is 0 Å². The highest BCUT2D eigenvalue weighted by atomic mass is 16.5. The van der Waals surface area contributed by atoms with Gasteiger partial charge in [-0.2, -0.15) is 0 Å². The van der Waals surface area contributed by atoms with E-state index in [2.05, 4.69) is 4.74 Å². The molecule has 2 unspecified atom stereocenters. The van der Waals surface area contributed by atoms with E-state index in [0.717, 1.165) is 0 Å². The molecule has 0 heterocycles. The normalized spacial score (nSPS) is 15.9. The van der Waals surface area contributed by atoms with Crippen molar-refractivity contribution in [3.05, 3.63) is 0 Å². The van der Waals surface area contributed by atoms with Gasteiger partial charge in [-0.15, -0.1) is 0 Å². The molecule has 2 atom stereocenters. The number of amides is 1. The summed E-state index contributed by atoms with van der Waals surface area (Å²) in [5.74, 6) is -0.611. The highest BCUT2D eigenvalue weighted by Crippen LogP contribution is 1.95. The number of methoxy groups -OCH3 is 1. The molecule has 66 valence electrons. The molecule has 0 spiro atoms. The summed E-state index contributed by atoms with van der Waals surface area (Å²) in [6, 6.07) is -0.792. The fraction of sp³-hybridized carbons (Fsp3) is 0.833. The highest BCUT2D eigenvalue weighted by Gasteiger charge is 2.14. The topological polar surface area (TPSA) is 98.6 Å². The molecular formula is C6H14N2O3. The molecule has 0 aliphatic rings. The average molecular weight is 162 g/mol. The minimum atomic E-state index is -0.792. The van der Waals surface area contributed by atoms with Crippen molar-refractivity contribution in [1.29, 1.82) is 0 Å². The van der Waals surface area contributed by atoms with Gasteiger partial charge >= 0.3 is 0 Å². The molecule has 0 radical (unpaired) electrons. The molecule has 5 N–H and O–H groups in total. The molecule has 1 amide bonds. The Hall–Kier alpha value is -0.650. The van der Waals surface area contributed by atoms with Crippen molar-refractivity contribution in [3.8, 4) is 0 Å². The first-order valence-corrected chi connectivity index (χ1v) is 3.29. The summed E-state index contributed by atoms with van der Waals surface area (Å²) in [6.07, 6.45) is -0.578. The molecule has 11 heavy (non-hydrogen) atoms. The van der Waals surface area contributed by atoms with E-state index in [1.165, 1.54) is 7.11 Å². The van der Waals surface area contributed by atoms with Crippen LogP contribution in [-0.4, -0.2) is 36.9 Å². The maximum atomic E-state index is 10.4. The lowest BCUT2D eigenvalue weighted by Gasteiger charge is -2.12. The number of nitrogens with two attached hydrogens (primary N) is 2.